The maximum Gasteiger partial charge on any atom is 0.253 e. The third-order valence-corrected chi connectivity index (χ3v) is 5.07. The van der Waals surface area contributed by atoms with Crippen molar-refractivity contribution in [2.45, 2.75) is 12.8 Å². The number of aromatic nitrogens is 1. The molecule has 2 aromatic heterocycles. The highest BCUT2D eigenvalue weighted by Crippen LogP contribution is 2.18. The third-order valence-electron chi connectivity index (χ3n) is 4.36. The number of rotatable bonds is 5. The number of hydrogen-bond acceptors (Lipinski definition) is 4. The van der Waals surface area contributed by atoms with Crippen molar-refractivity contribution in [2.24, 2.45) is 5.92 Å². The summed E-state index contributed by atoms with van der Waals surface area (Å²) in [7, 11) is 0. The van der Waals surface area contributed by atoms with E-state index in [9.17, 15) is 9.59 Å². The molecule has 6 heteroatoms. The average molecular weight is 355 g/mol. The Balaban J connectivity index is 1.40. The minimum atomic E-state index is -0.0681. The van der Waals surface area contributed by atoms with E-state index in [2.05, 4.69) is 10.3 Å². The van der Waals surface area contributed by atoms with Gasteiger partial charge in [-0.25, -0.2) is 0 Å². The number of thiophene rings is 1. The first kappa shape index (κ1) is 17.4. The van der Waals surface area contributed by atoms with Crippen molar-refractivity contribution in [1.29, 1.82) is 0 Å². The number of piperidine rings is 1. The molecule has 1 N–H and O–H groups in total. The fourth-order valence-electron chi connectivity index (χ4n) is 2.86. The molecule has 0 radical (unpaired) electrons. The number of nitrogens with one attached hydrogen (secondary N) is 1. The average Bonchev–Trinajstić information content (AvgIpc) is 3.19. The highest BCUT2D eigenvalue weighted by atomic mass is 32.1. The lowest BCUT2D eigenvalue weighted by Gasteiger charge is -2.32. The molecule has 1 aliphatic heterocycles. The molecule has 5 nitrogen and oxygen atoms in total. The van der Waals surface area contributed by atoms with Gasteiger partial charge in [0, 0.05) is 43.7 Å². The van der Waals surface area contributed by atoms with E-state index in [0.717, 1.165) is 31.5 Å². The fourth-order valence-corrected chi connectivity index (χ4v) is 3.49. The normalized spacial score (nSPS) is 15.4. The molecule has 2 amide bonds. The number of hydrogen-bond donors (Lipinski definition) is 1. The second-order valence-corrected chi connectivity index (χ2v) is 6.89. The minimum absolute atomic E-state index is 0.0589. The summed E-state index contributed by atoms with van der Waals surface area (Å²) in [6, 6.07) is 5.47. The molecule has 3 heterocycles. The number of nitrogens with zero attached hydrogens (tertiary/aromatic N) is 2. The lowest BCUT2D eigenvalue weighted by Crippen LogP contribution is -2.41. The van der Waals surface area contributed by atoms with Gasteiger partial charge in [0.1, 0.15) is 0 Å². The van der Waals surface area contributed by atoms with E-state index in [0.29, 0.717) is 18.0 Å². The summed E-state index contributed by atoms with van der Waals surface area (Å²) in [5, 5.41) is 6.94. The first-order valence-electron chi connectivity index (χ1n) is 8.40. The summed E-state index contributed by atoms with van der Waals surface area (Å²) in [6.45, 7) is 2.11. The van der Waals surface area contributed by atoms with Gasteiger partial charge in [-0.3, -0.25) is 14.6 Å². The molecule has 0 bridgehead atoms. The Morgan fingerprint density at radius 3 is 2.68 bits per heavy atom. The fraction of sp³-hybridized carbons (Fsp3) is 0.316. The lowest BCUT2D eigenvalue weighted by atomic mass is 9.96. The largest absolute Gasteiger partial charge is 0.352 e. The zero-order chi connectivity index (χ0) is 17.5. The first-order valence-corrected chi connectivity index (χ1v) is 9.34. The Hall–Kier alpha value is -2.47. The lowest BCUT2D eigenvalue weighted by molar-refractivity contribution is -0.116. The molecule has 3 rings (SSSR count). The molecule has 130 valence electrons. The van der Waals surface area contributed by atoms with E-state index < -0.39 is 0 Å². The van der Waals surface area contributed by atoms with Crippen LogP contribution in [0.2, 0.25) is 0 Å². The minimum Gasteiger partial charge on any atom is -0.352 e. The second kappa shape index (κ2) is 8.58. The van der Waals surface area contributed by atoms with Crippen molar-refractivity contribution in [3.63, 3.8) is 0 Å². The van der Waals surface area contributed by atoms with Crippen molar-refractivity contribution < 1.29 is 9.59 Å². The molecule has 0 aromatic carbocycles. The Labute approximate surface area is 151 Å². The molecule has 25 heavy (non-hydrogen) atoms. The van der Waals surface area contributed by atoms with Gasteiger partial charge in [0.05, 0.1) is 0 Å². The van der Waals surface area contributed by atoms with Crippen LogP contribution in [0.3, 0.4) is 0 Å². The van der Waals surface area contributed by atoms with Crippen LogP contribution in [0.1, 0.15) is 28.8 Å². The Morgan fingerprint density at radius 1 is 1.24 bits per heavy atom. The zero-order valence-corrected chi connectivity index (χ0v) is 14.7. The smallest absolute Gasteiger partial charge is 0.253 e. The van der Waals surface area contributed by atoms with Gasteiger partial charge in [-0.1, -0.05) is 0 Å². The SMILES string of the molecule is O=C(/C=C/c1ccsc1)NCC1CCN(C(=O)c2ccncc2)CC1. The van der Waals surface area contributed by atoms with Crippen LogP contribution in [-0.4, -0.2) is 41.3 Å². The Morgan fingerprint density at radius 2 is 2.00 bits per heavy atom. The van der Waals surface area contributed by atoms with E-state index >= 15 is 0 Å². The van der Waals surface area contributed by atoms with Crippen LogP contribution in [0.15, 0.2) is 47.4 Å². The molecule has 0 aliphatic carbocycles. The van der Waals surface area contributed by atoms with Crippen LogP contribution in [0.5, 0.6) is 0 Å². The van der Waals surface area contributed by atoms with Crippen LogP contribution in [0, 0.1) is 5.92 Å². The van der Waals surface area contributed by atoms with Crippen LogP contribution in [0.4, 0.5) is 0 Å². The van der Waals surface area contributed by atoms with Gasteiger partial charge in [0.2, 0.25) is 5.91 Å². The van der Waals surface area contributed by atoms with Crippen LogP contribution < -0.4 is 5.32 Å². The number of likely N-dealkylation sites (tertiary alicyclic amines) is 1. The molecular weight excluding hydrogens is 334 g/mol. The van der Waals surface area contributed by atoms with Crippen molar-refractivity contribution in [3.8, 4) is 0 Å². The number of pyridine rings is 1. The molecule has 1 aliphatic rings. The molecule has 0 spiro atoms. The van der Waals surface area contributed by atoms with Gasteiger partial charge in [0.15, 0.2) is 0 Å². The second-order valence-electron chi connectivity index (χ2n) is 6.11. The Bertz CT molecular complexity index is 720. The van der Waals surface area contributed by atoms with Crippen molar-refractivity contribution >= 4 is 29.2 Å². The summed E-state index contributed by atoms with van der Waals surface area (Å²) in [5.74, 6) is 0.407. The monoisotopic (exact) mass is 355 g/mol. The van der Waals surface area contributed by atoms with E-state index in [-0.39, 0.29) is 11.8 Å². The highest BCUT2D eigenvalue weighted by molar-refractivity contribution is 7.08. The van der Waals surface area contributed by atoms with Crippen molar-refractivity contribution in [2.75, 3.05) is 19.6 Å². The van der Waals surface area contributed by atoms with Gasteiger partial charge in [-0.2, -0.15) is 11.3 Å². The molecule has 1 fully saturated rings. The van der Waals surface area contributed by atoms with E-state index in [1.54, 1.807) is 41.9 Å². The quantitative estimate of drug-likeness (QED) is 0.839. The number of carbonyl (C=O) groups excluding carboxylic acids is 2. The van der Waals surface area contributed by atoms with Crippen molar-refractivity contribution in [3.05, 3.63) is 58.6 Å². The molecule has 0 saturated carbocycles. The van der Waals surface area contributed by atoms with Gasteiger partial charge < -0.3 is 10.2 Å². The van der Waals surface area contributed by atoms with Gasteiger partial charge in [-0.05, 0) is 59.4 Å². The van der Waals surface area contributed by atoms with Crippen molar-refractivity contribution in [1.82, 2.24) is 15.2 Å². The summed E-state index contributed by atoms with van der Waals surface area (Å²) < 4.78 is 0. The first-order chi connectivity index (χ1) is 12.2. The molecule has 1 saturated heterocycles. The number of amides is 2. The van der Waals surface area contributed by atoms with Crippen LogP contribution in [-0.2, 0) is 4.79 Å². The van der Waals surface area contributed by atoms with E-state index in [1.165, 1.54) is 0 Å². The zero-order valence-electron chi connectivity index (χ0n) is 13.9. The standard InChI is InChI=1S/C19H21N3O2S/c23-18(2-1-16-7-12-25-14-16)21-13-15-5-10-22(11-6-15)19(24)17-3-8-20-9-4-17/h1-4,7-9,12,14-15H,5-6,10-11,13H2,(H,21,23)/b2-1+. The van der Waals surface area contributed by atoms with Gasteiger partial charge in [0.25, 0.3) is 5.91 Å². The number of carbonyl (C=O) groups is 2. The summed E-state index contributed by atoms with van der Waals surface area (Å²) >= 11 is 1.61. The molecule has 2 aromatic rings. The summed E-state index contributed by atoms with van der Waals surface area (Å²) in [6.07, 6.45) is 8.49. The summed E-state index contributed by atoms with van der Waals surface area (Å²) in [4.78, 5) is 30.1. The van der Waals surface area contributed by atoms with Crippen LogP contribution in [0.25, 0.3) is 6.08 Å². The maximum absolute atomic E-state index is 12.4. The predicted molar refractivity (Wildman–Crippen MR) is 99.2 cm³/mol. The van der Waals surface area contributed by atoms with E-state index in [1.807, 2.05) is 27.8 Å². The van der Waals surface area contributed by atoms with Gasteiger partial charge in [-0.15, -0.1) is 0 Å². The molecule has 0 atom stereocenters. The van der Waals surface area contributed by atoms with Crippen LogP contribution >= 0.6 is 11.3 Å². The summed E-state index contributed by atoms with van der Waals surface area (Å²) in [5.41, 5.74) is 1.73. The predicted octanol–water partition coefficient (Wildman–Crippen LogP) is 2.82. The van der Waals surface area contributed by atoms with Gasteiger partial charge >= 0.3 is 0 Å². The molecular formula is C19H21N3O2S. The van der Waals surface area contributed by atoms with E-state index in [4.69, 9.17) is 0 Å². The molecule has 0 unspecified atom stereocenters. The third kappa shape index (κ3) is 5.00. The highest BCUT2D eigenvalue weighted by Gasteiger charge is 2.23. The Kier molecular flexibility index (Phi) is 5.95. The maximum atomic E-state index is 12.4. The topological polar surface area (TPSA) is 62.3 Å².